The van der Waals surface area contributed by atoms with E-state index in [1.165, 1.54) is 0 Å². The molecule has 0 bridgehead atoms. The molecule has 25 heavy (non-hydrogen) atoms. The van der Waals surface area contributed by atoms with Crippen LogP contribution in [0.15, 0.2) is 24.3 Å². The summed E-state index contributed by atoms with van der Waals surface area (Å²) in [7, 11) is 0. The van der Waals surface area contributed by atoms with Gasteiger partial charge in [-0.05, 0) is 19.9 Å². The molecule has 1 saturated heterocycles. The van der Waals surface area contributed by atoms with Crippen molar-refractivity contribution in [2.45, 2.75) is 38.5 Å². The molecule has 3 rings (SSSR count). The molecule has 2 aliphatic heterocycles. The van der Waals surface area contributed by atoms with E-state index < -0.39 is 0 Å². The molecule has 1 amide bonds. The number of carbonyl (C=O) groups excluding carboxylic acids is 1. The zero-order valence-corrected chi connectivity index (χ0v) is 15.1. The number of rotatable bonds is 5. The first kappa shape index (κ1) is 18.2. The van der Waals surface area contributed by atoms with E-state index in [1.54, 1.807) is 0 Å². The third-order valence-corrected chi connectivity index (χ3v) is 5.13. The Labute approximate surface area is 149 Å². The van der Waals surface area contributed by atoms with E-state index in [9.17, 15) is 9.90 Å². The maximum Gasteiger partial charge on any atom is 0.237 e. The number of aliphatic hydroxyl groups excluding tert-OH is 1. The van der Waals surface area contributed by atoms with Crippen LogP contribution in [0.3, 0.4) is 0 Å². The maximum absolute atomic E-state index is 12.7. The summed E-state index contributed by atoms with van der Waals surface area (Å²) in [5, 5.41) is 12.7. The van der Waals surface area contributed by atoms with Gasteiger partial charge < -0.3 is 15.2 Å². The molecule has 2 N–H and O–H groups in total. The normalized spacial score (nSPS) is 24.0. The second-order valence-corrected chi connectivity index (χ2v) is 7.10. The standard InChI is InChI=1S/C19H29N3O3/c1-14(23)13-21-8-10-22(11-9-21)15(2)19(24)20-17-7-12-25-18-6-4-3-5-16(17)18/h3-6,14-15,17,23H,7-13H2,1-2H3,(H,20,24)/t14-,15-,17-/m0/s1. The van der Waals surface area contributed by atoms with Gasteiger partial charge >= 0.3 is 0 Å². The zero-order chi connectivity index (χ0) is 17.8. The second-order valence-electron chi connectivity index (χ2n) is 7.10. The number of nitrogens with zero attached hydrogens (tertiary/aromatic N) is 2. The number of benzene rings is 1. The zero-order valence-electron chi connectivity index (χ0n) is 15.1. The fraction of sp³-hybridized carbons (Fsp3) is 0.632. The monoisotopic (exact) mass is 347 g/mol. The van der Waals surface area contributed by atoms with Gasteiger partial charge in [0, 0.05) is 44.7 Å². The van der Waals surface area contributed by atoms with Crippen LogP contribution in [-0.4, -0.2) is 72.3 Å². The predicted molar refractivity (Wildman–Crippen MR) is 96.6 cm³/mol. The molecule has 2 aliphatic rings. The van der Waals surface area contributed by atoms with Gasteiger partial charge in [0.15, 0.2) is 0 Å². The van der Waals surface area contributed by atoms with Gasteiger partial charge in [-0.3, -0.25) is 14.6 Å². The van der Waals surface area contributed by atoms with Crippen molar-refractivity contribution in [3.8, 4) is 5.75 Å². The lowest BCUT2D eigenvalue weighted by Crippen LogP contribution is -2.55. The molecule has 138 valence electrons. The van der Waals surface area contributed by atoms with Crippen molar-refractivity contribution in [2.75, 3.05) is 39.3 Å². The van der Waals surface area contributed by atoms with Gasteiger partial charge in [0.2, 0.25) is 5.91 Å². The van der Waals surface area contributed by atoms with E-state index in [-0.39, 0.29) is 24.1 Å². The van der Waals surface area contributed by atoms with Crippen LogP contribution in [0.25, 0.3) is 0 Å². The summed E-state index contributed by atoms with van der Waals surface area (Å²) in [4.78, 5) is 17.2. The van der Waals surface area contributed by atoms with Crippen LogP contribution in [0.5, 0.6) is 5.75 Å². The average Bonchev–Trinajstić information content (AvgIpc) is 2.61. The van der Waals surface area contributed by atoms with Crippen LogP contribution in [0.4, 0.5) is 0 Å². The first-order valence-electron chi connectivity index (χ1n) is 9.21. The van der Waals surface area contributed by atoms with Crippen molar-refractivity contribution in [2.24, 2.45) is 0 Å². The van der Waals surface area contributed by atoms with Crippen LogP contribution >= 0.6 is 0 Å². The lowest BCUT2D eigenvalue weighted by molar-refractivity contribution is -0.127. The van der Waals surface area contributed by atoms with Crippen LogP contribution in [0, 0.1) is 0 Å². The number of carbonyl (C=O) groups is 1. The van der Waals surface area contributed by atoms with Crippen LogP contribution in [0.2, 0.25) is 0 Å². The van der Waals surface area contributed by atoms with E-state index in [4.69, 9.17) is 4.74 Å². The van der Waals surface area contributed by atoms with Gasteiger partial charge in [0.1, 0.15) is 5.75 Å². The molecular weight excluding hydrogens is 318 g/mol. The first-order valence-corrected chi connectivity index (χ1v) is 9.21. The highest BCUT2D eigenvalue weighted by atomic mass is 16.5. The number of piperazine rings is 1. The second kappa shape index (κ2) is 8.17. The van der Waals surface area contributed by atoms with Gasteiger partial charge in [-0.25, -0.2) is 0 Å². The van der Waals surface area contributed by atoms with Gasteiger partial charge in [-0.15, -0.1) is 0 Å². The molecule has 0 unspecified atom stereocenters. The Kier molecular flexibility index (Phi) is 5.93. The molecule has 0 aliphatic carbocycles. The summed E-state index contributed by atoms with van der Waals surface area (Å²) in [6.45, 7) is 8.61. The van der Waals surface area contributed by atoms with E-state index in [2.05, 4.69) is 15.1 Å². The molecule has 0 aromatic heterocycles. The number of para-hydroxylation sites is 1. The third kappa shape index (κ3) is 4.51. The number of fused-ring (bicyclic) bond motifs is 1. The van der Waals surface area contributed by atoms with Crippen LogP contribution in [-0.2, 0) is 4.79 Å². The molecule has 3 atom stereocenters. The number of ether oxygens (including phenoxy) is 1. The van der Waals surface area contributed by atoms with Gasteiger partial charge in [0.25, 0.3) is 0 Å². The molecule has 2 heterocycles. The number of hydrogen-bond acceptors (Lipinski definition) is 5. The molecule has 6 nitrogen and oxygen atoms in total. The lowest BCUT2D eigenvalue weighted by Gasteiger charge is -2.38. The molecular formula is C19H29N3O3. The van der Waals surface area contributed by atoms with Crippen molar-refractivity contribution in [1.29, 1.82) is 0 Å². The maximum atomic E-state index is 12.7. The van der Waals surface area contributed by atoms with Crippen molar-refractivity contribution in [3.63, 3.8) is 0 Å². The van der Waals surface area contributed by atoms with Crippen LogP contribution in [0.1, 0.15) is 31.9 Å². The van der Waals surface area contributed by atoms with Gasteiger partial charge in [0.05, 0.1) is 24.8 Å². The van der Waals surface area contributed by atoms with Crippen molar-refractivity contribution < 1.29 is 14.6 Å². The highest BCUT2D eigenvalue weighted by molar-refractivity contribution is 5.82. The minimum absolute atomic E-state index is 0.0245. The van der Waals surface area contributed by atoms with E-state index in [0.717, 1.165) is 43.9 Å². The Hall–Kier alpha value is -1.63. The Morgan fingerprint density at radius 3 is 2.72 bits per heavy atom. The Balaban J connectivity index is 1.54. The lowest BCUT2D eigenvalue weighted by atomic mass is 10.00. The summed E-state index contributed by atoms with van der Waals surface area (Å²) < 4.78 is 5.67. The number of aliphatic hydroxyl groups is 1. The summed E-state index contributed by atoms with van der Waals surface area (Å²) in [5.41, 5.74) is 1.07. The van der Waals surface area contributed by atoms with Crippen molar-refractivity contribution in [1.82, 2.24) is 15.1 Å². The largest absolute Gasteiger partial charge is 0.493 e. The average molecular weight is 347 g/mol. The minimum atomic E-state index is -0.305. The number of hydrogen-bond donors (Lipinski definition) is 2. The smallest absolute Gasteiger partial charge is 0.237 e. The van der Waals surface area contributed by atoms with Crippen LogP contribution < -0.4 is 10.1 Å². The number of β-amino-alcohol motifs (C(OH)–C–C–N with tert-alkyl or cyclic N) is 1. The quantitative estimate of drug-likeness (QED) is 0.832. The molecule has 1 aromatic rings. The summed E-state index contributed by atoms with van der Waals surface area (Å²) >= 11 is 0. The van der Waals surface area contributed by atoms with Gasteiger partial charge in [-0.1, -0.05) is 18.2 Å². The number of amides is 1. The highest BCUT2D eigenvalue weighted by Crippen LogP contribution is 2.31. The van der Waals surface area contributed by atoms with E-state index >= 15 is 0 Å². The Bertz CT molecular complexity index is 585. The topological polar surface area (TPSA) is 65.0 Å². The minimum Gasteiger partial charge on any atom is -0.493 e. The molecule has 0 spiro atoms. The summed E-state index contributed by atoms with van der Waals surface area (Å²) in [6, 6.07) is 7.80. The number of nitrogens with one attached hydrogen (secondary N) is 1. The first-order chi connectivity index (χ1) is 12.0. The van der Waals surface area contributed by atoms with Gasteiger partial charge in [-0.2, -0.15) is 0 Å². The fourth-order valence-electron chi connectivity index (χ4n) is 3.66. The van der Waals surface area contributed by atoms with E-state index in [0.29, 0.717) is 13.2 Å². The molecule has 0 radical (unpaired) electrons. The predicted octanol–water partition coefficient (Wildman–Crippen LogP) is 1.01. The Morgan fingerprint density at radius 2 is 2.00 bits per heavy atom. The molecule has 0 saturated carbocycles. The van der Waals surface area contributed by atoms with Crippen molar-refractivity contribution >= 4 is 5.91 Å². The summed E-state index contributed by atoms with van der Waals surface area (Å²) in [6.07, 6.45) is 0.498. The van der Waals surface area contributed by atoms with E-state index in [1.807, 2.05) is 38.1 Å². The summed E-state index contributed by atoms with van der Waals surface area (Å²) in [5.74, 6) is 0.948. The third-order valence-electron chi connectivity index (χ3n) is 5.13. The molecule has 1 fully saturated rings. The van der Waals surface area contributed by atoms with Crippen molar-refractivity contribution in [3.05, 3.63) is 29.8 Å². The SMILES string of the molecule is C[C@H](O)CN1CCN([C@@H](C)C(=O)N[C@H]2CCOc3ccccc32)CC1. The fourth-order valence-corrected chi connectivity index (χ4v) is 3.66. The molecule has 1 aromatic carbocycles. The Morgan fingerprint density at radius 1 is 1.28 bits per heavy atom. The highest BCUT2D eigenvalue weighted by Gasteiger charge is 2.29. The molecule has 6 heteroatoms.